The number of carbonyl (C=O) groups excluding carboxylic acids is 2. The largest absolute Gasteiger partial charge is 0.458 e. The number of carbonyl (C=O) groups is 2. The molecule has 21 heavy (non-hydrogen) atoms. The third-order valence-corrected chi connectivity index (χ3v) is 2.54. The summed E-state index contributed by atoms with van der Waals surface area (Å²) in [6.45, 7) is 5.61. The second kappa shape index (κ2) is 7.22. The van der Waals surface area contributed by atoms with E-state index in [4.69, 9.17) is 4.74 Å². The Morgan fingerprint density at radius 3 is 2.24 bits per heavy atom. The average molecular weight is 292 g/mol. The van der Waals surface area contributed by atoms with Crippen LogP contribution in [0.15, 0.2) is 30.3 Å². The van der Waals surface area contributed by atoms with E-state index in [2.05, 4.69) is 5.32 Å². The predicted molar refractivity (Wildman–Crippen MR) is 81.7 cm³/mol. The number of hydrogen-bond donors (Lipinski definition) is 1. The van der Waals surface area contributed by atoms with Gasteiger partial charge in [-0.2, -0.15) is 0 Å². The first-order valence-electron chi connectivity index (χ1n) is 6.91. The third-order valence-electron chi connectivity index (χ3n) is 2.54. The Balaban J connectivity index is 2.90. The quantitative estimate of drug-likeness (QED) is 0.840. The Hall–Kier alpha value is -1.88. The Morgan fingerprint density at radius 2 is 1.76 bits per heavy atom. The molecule has 0 fully saturated rings. The van der Waals surface area contributed by atoms with Gasteiger partial charge >= 0.3 is 5.97 Å². The zero-order valence-corrected chi connectivity index (χ0v) is 13.3. The molecule has 1 amide bonds. The van der Waals surface area contributed by atoms with Crippen LogP contribution in [0.3, 0.4) is 0 Å². The number of nitrogens with zero attached hydrogens (tertiary/aromatic N) is 1. The molecule has 0 saturated carbocycles. The molecule has 0 aliphatic rings. The highest BCUT2D eigenvalue weighted by Crippen LogP contribution is 2.18. The Morgan fingerprint density at radius 1 is 1.19 bits per heavy atom. The standard InChI is InChI=1S/C16H24N2O3/c1-16(2,3)21-15(20)14(12-9-7-6-8-10-12)17-13(19)11-18(4)5/h6-10,14H,11H2,1-5H3,(H,17,19)/t14-/m1/s1. The van der Waals surface area contributed by atoms with Gasteiger partial charge in [0.05, 0.1) is 6.54 Å². The van der Waals surface area contributed by atoms with Crippen LogP contribution in [0.1, 0.15) is 32.4 Å². The maximum atomic E-state index is 12.3. The van der Waals surface area contributed by atoms with Crippen LogP contribution >= 0.6 is 0 Å². The number of benzene rings is 1. The molecular formula is C16H24N2O3. The van der Waals surface area contributed by atoms with E-state index in [1.165, 1.54) is 0 Å². The van der Waals surface area contributed by atoms with Crippen molar-refractivity contribution >= 4 is 11.9 Å². The fourth-order valence-electron chi connectivity index (χ4n) is 1.78. The van der Waals surface area contributed by atoms with Crippen LogP contribution in [0.25, 0.3) is 0 Å². The smallest absolute Gasteiger partial charge is 0.333 e. The average Bonchev–Trinajstić information content (AvgIpc) is 2.34. The lowest BCUT2D eigenvalue weighted by atomic mass is 10.1. The van der Waals surface area contributed by atoms with Gasteiger partial charge in [0.15, 0.2) is 6.04 Å². The molecule has 5 nitrogen and oxygen atoms in total. The van der Waals surface area contributed by atoms with E-state index in [0.29, 0.717) is 5.56 Å². The minimum absolute atomic E-state index is 0.214. The minimum Gasteiger partial charge on any atom is -0.458 e. The summed E-state index contributed by atoms with van der Waals surface area (Å²) in [5.41, 5.74) is 0.106. The summed E-state index contributed by atoms with van der Waals surface area (Å²) in [5, 5.41) is 2.73. The minimum atomic E-state index is -0.794. The van der Waals surface area contributed by atoms with Gasteiger partial charge in [-0.05, 0) is 40.4 Å². The molecular weight excluding hydrogens is 268 g/mol. The number of nitrogens with one attached hydrogen (secondary N) is 1. The third kappa shape index (κ3) is 6.40. The van der Waals surface area contributed by atoms with Crippen molar-refractivity contribution in [3.63, 3.8) is 0 Å². The van der Waals surface area contributed by atoms with E-state index in [-0.39, 0.29) is 12.5 Å². The molecule has 0 unspecified atom stereocenters. The van der Waals surface area contributed by atoms with Crippen molar-refractivity contribution in [2.45, 2.75) is 32.4 Å². The first-order valence-corrected chi connectivity index (χ1v) is 6.91. The van der Waals surface area contributed by atoms with E-state index in [0.717, 1.165) is 0 Å². The number of hydrogen-bond acceptors (Lipinski definition) is 4. The highest BCUT2D eigenvalue weighted by molar-refractivity contribution is 5.86. The molecule has 0 bridgehead atoms. The van der Waals surface area contributed by atoms with Gasteiger partial charge in [0.25, 0.3) is 0 Å². The number of rotatable bonds is 5. The van der Waals surface area contributed by atoms with Crippen LogP contribution < -0.4 is 5.32 Å². The van der Waals surface area contributed by atoms with Crippen LogP contribution in [0.4, 0.5) is 0 Å². The molecule has 0 aliphatic heterocycles. The maximum absolute atomic E-state index is 12.3. The molecule has 0 aliphatic carbocycles. The second-order valence-corrected chi connectivity index (χ2v) is 6.18. The number of esters is 1. The lowest BCUT2D eigenvalue weighted by Gasteiger charge is -2.25. The summed E-state index contributed by atoms with van der Waals surface area (Å²) >= 11 is 0. The van der Waals surface area contributed by atoms with Gasteiger partial charge in [0.1, 0.15) is 5.60 Å². The molecule has 1 rings (SSSR count). The zero-order chi connectivity index (χ0) is 16.0. The molecule has 0 spiro atoms. The SMILES string of the molecule is CN(C)CC(=O)N[C@@H](C(=O)OC(C)(C)C)c1ccccc1. The number of ether oxygens (including phenoxy) is 1. The Bertz CT molecular complexity index is 478. The highest BCUT2D eigenvalue weighted by Gasteiger charge is 2.28. The van der Waals surface area contributed by atoms with E-state index in [9.17, 15) is 9.59 Å². The van der Waals surface area contributed by atoms with Crippen molar-refractivity contribution < 1.29 is 14.3 Å². The van der Waals surface area contributed by atoms with Gasteiger partial charge in [-0.1, -0.05) is 30.3 Å². The summed E-state index contributed by atoms with van der Waals surface area (Å²) in [6, 6.07) is 8.31. The molecule has 5 heteroatoms. The van der Waals surface area contributed by atoms with Crippen LogP contribution in [0, 0.1) is 0 Å². The van der Waals surface area contributed by atoms with E-state index in [1.807, 2.05) is 18.2 Å². The number of likely N-dealkylation sites (N-methyl/N-ethyl adjacent to an activating group) is 1. The van der Waals surface area contributed by atoms with Gasteiger partial charge in [-0.25, -0.2) is 4.79 Å². The van der Waals surface area contributed by atoms with Crippen molar-refractivity contribution in [3.05, 3.63) is 35.9 Å². The van der Waals surface area contributed by atoms with Gasteiger partial charge < -0.3 is 15.0 Å². The van der Waals surface area contributed by atoms with Crippen LogP contribution in [-0.2, 0) is 14.3 Å². The first kappa shape index (κ1) is 17.2. The van der Waals surface area contributed by atoms with E-state index < -0.39 is 17.6 Å². The van der Waals surface area contributed by atoms with E-state index in [1.54, 1.807) is 51.9 Å². The van der Waals surface area contributed by atoms with Crippen molar-refractivity contribution in [2.75, 3.05) is 20.6 Å². The molecule has 0 heterocycles. The van der Waals surface area contributed by atoms with Gasteiger partial charge in [-0.15, -0.1) is 0 Å². The van der Waals surface area contributed by atoms with Crippen LogP contribution in [-0.4, -0.2) is 43.0 Å². The van der Waals surface area contributed by atoms with Crippen LogP contribution in [0.2, 0.25) is 0 Å². The summed E-state index contributed by atoms with van der Waals surface area (Å²) < 4.78 is 5.39. The van der Waals surface area contributed by atoms with Gasteiger partial charge in [0, 0.05) is 0 Å². The molecule has 116 valence electrons. The lowest BCUT2D eigenvalue weighted by molar-refractivity contribution is -0.159. The summed E-state index contributed by atoms with van der Waals surface area (Å²) in [5.74, 6) is -0.680. The highest BCUT2D eigenvalue weighted by atomic mass is 16.6. The number of amides is 1. The maximum Gasteiger partial charge on any atom is 0.333 e. The fourth-order valence-corrected chi connectivity index (χ4v) is 1.78. The normalized spacial score (nSPS) is 12.9. The van der Waals surface area contributed by atoms with Crippen molar-refractivity contribution in [1.29, 1.82) is 0 Å². The second-order valence-electron chi connectivity index (χ2n) is 6.18. The van der Waals surface area contributed by atoms with E-state index >= 15 is 0 Å². The summed E-state index contributed by atoms with van der Waals surface area (Å²) in [4.78, 5) is 26.0. The molecule has 0 radical (unpaired) electrons. The monoisotopic (exact) mass is 292 g/mol. The molecule has 0 aromatic heterocycles. The molecule has 0 saturated heterocycles. The van der Waals surface area contributed by atoms with Gasteiger partial charge in [-0.3, -0.25) is 4.79 Å². The molecule has 1 aromatic rings. The molecule has 1 aromatic carbocycles. The topological polar surface area (TPSA) is 58.6 Å². The summed E-state index contributed by atoms with van der Waals surface area (Å²) in [6.07, 6.45) is 0. The van der Waals surface area contributed by atoms with Crippen LogP contribution in [0.5, 0.6) is 0 Å². The molecule has 1 atom stereocenters. The Kier molecular flexibility index (Phi) is 5.90. The fraction of sp³-hybridized carbons (Fsp3) is 0.500. The molecule has 1 N–H and O–H groups in total. The zero-order valence-electron chi connectivity index (χ0n) is 13.3. The summed E-state index contributed by atoms with van der Waals surface area (Å²) in [7, 11) is 3.59. The van der Waals surface area contributed by atoms with Crippen molar-refractivity contribution in [1.82, 2.24) is 10.2 Å². The van der Waals surface area contributed by atoms with Gasteiger partial charge in [0.2, 0.25) is 5.91 Å². The lowest BCUT2D eigenvalue weighted by Crippen LogP contribution is -2.41. The predicted octanol–water partition coefficient (Wildman–Crippen LogP) is 1.75. The Labute approximate surface area is 126 Å². The first-order chi connectivity index (χ1) is 9.69. The van der Waals surface area contributed by atoms with Crippen molar-refractivity contribution in [3.8, 4) is 0 Å². The van der Waals surface area contributed by atoms with Crippen molar-refractivity contribution in [2.24, 2.45) is 0 Å².